The van der Waals surface area contributed by atoms with Crippen LogP contribution in [0, 0.1) is 5.82 Å². The van der Waals surface area contributed by atoms with E-state index in [-0.39, 0.29) is 10.9 Å². The van der Waals surface area contributed by atoms with Crippen molar-refractivity contribution in [1.29, 1.82) is 0 Å². The number of aromatic nitrogens is 1. The van der Waals surface area contributed by atoms with E-state index in [1.165, 1.54) is 18.2 Å². The Hall–Kier alpha value is -3.18. The number of nitrogens with zero attached hydrogens (tertiary/aromatic N) is 1. The summed E-state index contributed by atoms with van der Waals surface area (Å²) in [5, 5.41) is 3.39. The molecule has 0 saturated carbocycles. The summed E-state index contributed by atoms with van der Waals surface area (Å²) in [6.07, 6.45) is 1.55. The minimum absolute atomic E-state index is 0.0568. The lowest BCUT2D eigenvalue weighted by atomic mass is 10.1. The Morgan fingerprint density at radius 2 is 1.92 bits per heavy atom. The Morgan fingerprint density at radius 3 is 2.69 bits per heavy atom. The minimum Gasteiger partial charge on any atom is -0.463 e. The molecule has 4 rings (SSSR count). The van der Waals surface area contributed by atoms with E-state index in [9.17, 15) is 9.18 Å². The number of carbonyl (C=O) groups is 1. The summed E-state index contributed by atoms with van der Waals surface area (Å²) in [6, 6.07) is 16.6. The number of halogens is 2. The smallest absolute Gasteiger partial charge is 0.256 e. The number of hydrogen-bond acceptors (Lipinski definition) is 3. The number of anilines is 1. The van der Waals surface area contributed by atoms with Crippen molar-refractivity contribution in [3.63, 3.8) is 0 Å². The molecule has 0 unspecified atom stereocenters. The fourth-order valence-corrected chi connectivity index (χ4v) is 2.87. The molecule has 128 valence electrons. The summed E-state index contributed by atoms with van der Waals surface area (Å²) in [7, 11) is 0. The third-order valence-corrected chi connectivity index (χ3v) is 4.20. The van der Waals surface area contributed by atoms with Gasteiger partial charge < -0.3 is 9.73 Å². The van der Waals surface area contributed by atoms with E-state index >= 15 is 0 Å². The zero-order valence-electron chi connectivity index (χ0n) is 13.4. The number of carbonyl (C=O) groups excluding carboxylic acids is 1. The van der Waals surface area contributed by atoms with Crippen molar-refractivity contribution < 1.29 is 13.6 Å². The molecule has 4 nitrogen and oxygen atoms in total. The van der Waals surface area contributed by atoms with Crippen molar-refractivity contribution in [3.8, 4) is 11.5 Å². The normalized spacial score (nSPS) is 10.8. The van der Waals surface area contributed by atoms with E-state index in [1.54, 1.807) is 24.5 Å². The lowest BCUT2D eigenvalue weighted by Crippen LogP contribution is -2.13. The summed E-state index contributed by atoms with van der Waals surface area (Å²) < 4.78 is 18.7. The number of para-hydroxylation sites is 1. The van der Waals surface area contributed by atoms with Gasteiger partial charge in [-0.25, -0.2) is 9.37 Å². The average Bonchev–Trinajstić information content (AvgIpc) is 3.18. The zero-order valence-corrected chi connectivity index (χ0v) is 14.1. The highest BCUT2D eigenvalue weighted by Crippen LogP contribution is 2.26. The molecule has 2 aromatic heterocycles. The molecule has 26 heavy (non-hydrogen) atoms. The van der Waals surface area contributed by atoms with E-state index in [1.807, 2.05) is 24.3 Å². The van der Waals surface area contributed by atoms with Crippen LogP contribution >= 0.6 is 11.6 Å². The number of rotatable bonds is 3. The summed E-state index contributed by atoms with van der Waals surface area (Å²) in [5.41, 5.74) is 2.06. The lowest BCUT2D eigenvalue weighted by molar-refractivity contribution is 0.102. The summed E-state index contributed by atoms with van der Waals surface area (Å²) in [4.78, 5) is 17.4. The molecule has 0 aliphatic rings. The van der Waals surface area contributed by atoms with Gasteiger partial charge in [0.2, 0.25) is 0 Å². The van der Waals surface area contributed by atoms with Gasteiger partial charge in [-0.2, -0.15) is 0 Å². The van der Waals surface area contributed by atoms with Crippen LogP contribution in [0.15, 0.2) is 71.3 Å². The number of amides is 1. The molecular formula is C20H12ClFN2O2. The minimum atomic E-state index is -0.542. The van der Waals surface area contributed by atoms with E-state index in [4.69, 9.17) is 16.0 Å². The highest BCUT2D eigenvalue weighted by Gasteiger charge is 2.15. The molecule has 6 heteroatoms. The Balaban J connectivity index is 1.78. The van der Waals surface area contributed by atoms with Gasteiger partial charge in [-0.1, -0.05) is 29.8 Å². The van der Waals surface area contributed by atoms with Crippen LogP contribution in [0.25, 0.3) is 22.4 Å². The van der Waals surface area contributed by atoms with Crippen molar-refractivity contribution in [2.45, 2.75) is 0 Å². The van der Waals surface area contributed by atoms with Gasteiger partial charge in [-0.05, 0) is 42.5 Å². The third kappa shape index (κ3) is 3.05. The van der Waals surface area contributed by atoms with Gasteiger partial charge in [0.25, 0.3) is 5.91 Å². The molecule has 2 aromatic carbocycles. The standard InChI is InChI=1S/C20H12ClFN2O2/c21-15-10-12(7-8-16(15)22)23-20(25)14-11-18(19-6-3-9-26-19)24-17-5-2-1-4-13(14)17/h1-11H,(H,23,25). The molecule has 0 bridgehead atoms. The van der Waals surface area contributed by atoms with Crippen LogP contribution < -0.4 is 5.32 Å². The lowest BCUT2D eigenvalue weighted by Gasteiger charge is -2.10. The van der Waals surface area contributed by atoms with E-state index in [0.717, 1.165) is 0 Å². The number of pyridine rings is 1. The third-order valence-electron chi connectivity index (χ3n) is 3.91. The van der Waals surface area contributed by atoms with Crippen LogP contribution in [-0.4, -0.2) is 10.9 Å². The molecule has 0 saturated heterocycles. The Labute approximate surface area is 153 Å². The summed E-state index contributed by atoms with van der Waals surface area (Å²) >= 11 is 5.78. The average molecular weight is 367 g/mol. The van der Waals surface area contributed by atoms with Crippen LogP contribution in [0.2, 0.25) is 5.02 Å². The molecule has 0 spiro atoms. The van der Waals surface area contributed by atoms with Crippen LogP contribution in [0.4, 0.5) is 10.1 Å². The van der Waals surface area contributed by atoms with E-state index in [0.29, 0.717) is 33.6 Å². The quantitative estimate of drug-likeness (QED) is 0.518. The largest absolute Gasteiger partial charge is 0.463 e. The van der Waals surface area contributed by atoms with Crippen molar-refractivity contribution in [3.05, 3.63) is 83.3 Å². The van der Waals surface area contributed by atoms with Crippen molar-refractivity contribution >= 4 is 34.1 Å². The number of nitrogens with one attached hydrogen (secondary N) is 1. The second-order valence-electron chi connectivity index (χ2n) is 5.63. The van der Waals surface area contributed by atoms with Crippen molar-refractivity contribution in [1.82, 2.24) is 4.98 Å². The zero-order chi connectivity index (χ0) is 18.1. The molecule has 0 aliphatic carbocycles. The topological polar surface area (TPSA) is 55.1 Å². The van der Waals surface area contributed by atoms with Crippen LogP contribution in [-0.2, 0) is 0 Å². The first-order valence-corrected chi connectivity index (χ1v) is 8.20. The maximum absolute atomic E-state index is 13.3. The van der Waals surface area contributed by atoms with Gasteiger partial charge >= 0.3 is 0 Å². The Kier molecular flexibility index (Phi) is 4.14. The number of furan rings is 1. The predicted molar refractivity (Wildman–Crippen MR) is 98.8 cm³/mol. The molecule has 0 atom stereocenters. The molecule has 0 radical (unpaired) electrons. The highest BCUT2D eigenvalue weighted by atomic mass is 35.5. The molecule has 1 amide bonds. The first-order valence-electron chi connectivity index (χ1n) is 7.82. The Bertz CT molecular complexity index is 1110. The molecule has 0 fully saturated rings. The van der Waals surface area contributed by atoms with Crippen LogP contribution in [0.3, 0.4) is 0 Å². The molecule has 1 N–H and O–H groups in total. The number of fused-ring (bicyclic) bond motifs is 1. The van der Waals surface area contributed by atoms with Gasteiger partial charge in [0, 0.05) is 11.1 Å². The van der Waals surface area contributed by atoms with Crippen molar-refractivity contribution in [2.24, 2.45) is 0 Å². The van der Waals surface area contributed by atoms with Gasteiger partial charge in [-0.3, -0.25) is 4.79 Å². The van der Waals surface area contributed by atoms with Crippen LogP contribution in [0.1, 0.15) is 10.4 Å². The van der Waals surface area contributed by atoms with Crippen molar-refractivity contribution in [2.75, 3.05) is 5.32 Å². The fraction of sp³-hybridized carbons (Fsp3) is 0. The van der Waals surface area contributed by atoms with Gasteiger partial charge in [0.1, 0.15) is 11.5 Å². The predicted octanol–water partition coefficient (Wildman–Crippen LogP) is 5.54. The first kappa shape index (κ1) is 16.3. The molecule has 2 heterocycles. The first-order chi connectivity index (χ1) is 12.6. The van der Waals surface area contributed by atoms with Gasteiger partial charge in [0.05, 0.1) is 22.4 Å². The Morgan fingerprint density at radius 1 is 1.08 bits per heavy atom. The molecule has 0 aliphatic heterocycles. The fourth-order valence-electron chi connectivity index (χ4n) is 2.69. The number of benzene rings is 2. The maximum atomic E-state index is 13.3. The second-order valence-corrected chi connectivity index (χ2v) is 6.04. The maximum Gasteiger partial charge on any atom is 0.256 e. The van der Waals surface area contributed by atoms with E-state index < -0.39 is 5.82 Å². The SMILES string of the molecule is O=C(Nc1ccc(F)c(Cl)c1)c1cc(-c2ccco2)nc2ccccc12. The van der Waals surface area contributed by atoms with E-state index in [2.05, 4.69) is 10.3 Å². The summed E-state index contributed by atoms with van der Waals surface area (Å²) in [5.74, 6) is -0.326. The summed E-state index contributed by atoms with van der Waals surface area (Å²) in [6.45, 7) is 0. The van der Waals surface area contributed by atoms with Gasteiger partial charge in [-0.15, -0.1) is 0 Å². The highest BCUT2D eigenvalue weighted by molar-refractivity contribution is 6.31. The van der Waals surface area contributed by atoms with Crippen LogP contribution in [0.5, 0.6) is 0 Å². The second kappa shape index (κ2) is 6.61. The monoisotopic (exact) mass is 366 g/mol. The molecule has 4 aromatic rings. The number of hydrogen-bond donors (Lipinski definition) is 1. The van der Waals surface area contributed by atoms with Gasteiger partial charge in [0.15, 0.2) is 5.76 Å². The molecular weight excluding hydrogens is 355 g/mol.